The normalized spacial score (nSPS) is 14.9. The predicted octanol–water partition coefficient (Wildman–Crippen LogP) is 3.74. The summed E-state index contributed by atoms with van der Waals surface area (Å²) in [6.07, 6.45) is 4.87. The molecule has 2 unspecified atom stereocenters. The molecule has 0 rings (SSSR count). The molecule has 0 saturated carbocycles. The fourth-order valence-electron chi connectivity index (χ4n) is 1.59. The Balaban J connectivity index is 3.87. The van der Waals surface area contributed by atoms with Gasteiger partial charge in [0.2, 0.25) is 5.91 Å². The van der Waals surface area contributed by atoms with Gasteiger partial charge in [-0.05, 0) is 18.3 Å². The third kappa shape index (κ3) is 6.51. The number of unbranched alkanes of at least 4 members (excludes halogenated alkanes) is 1. The highest BCUT2D eigenvalue weighted by atomic mass is 79.9. The lowest BCUT2D eigenvalue weighted by atomic mass is 9.99. The van der Waals surface area contributed by atoms with Gasteiger partial charge in [-0.15, -0.1) is 0 Å². The van der Waals surface area contributed by atoms with Crippen LogP contribution < -0.4 is 5.32 Å². The van der Waals surface area contributed by atoms with Crippen molar-refractivity contribution < 1.29 is 4.79 Å². The fraction of sp³-hybridized carbons (Fsp3) is 0.923. The molecule has 0 fully saturated rings. The van der Waals surface area contributed by atoms with E-state index in [0.717, 1.165) is 13.0 Å². The number of rotatable bonds is 8. The zero-order chi connectivity index (χ0) is 12.6. The van der Waals surface area contributed by atoms with Crippen LogP contribution in [0.15, 0.2) is 0 Å². The highest BCUT2D eigenvalue weighted by Crippen LogP contribution is 2.14. The Hall–Kier alpha value is -0.0500. The van der Waals surface area contributed by atoms with Gasteiger partial charge in [-0.2, -0.15) is 0 Å². The number of amides is 1. The van der Waals surface area contributed by atoms with Crippen molar-refractivity contribution in [3.8, 4) is 0 Å². The molecule has 0 aliphatic carbocycles. The van der Waals surface area contributed by atoms with Gasteiger partial charge < -0.3 is 5.32 Å². The minimum atomic E-state index is -0.0591. The monoisotopic (exact) mass is 291 g/mol. The van der Waals surface area contributed by atoms with E-state index in [9.17, 15) is 4.79 Å². The van der Waals surface area contributed by atoms with Crippen molar-refractivity contribution >= 4 is 21.8 Å². The summed E-state index contributed by atoms with van der Waals surface area (Å²) in [6, 6.07) is 0. The van der Waals surface area contributed by atoms with Crippen LogP contribution in [0, 0.1) is 11.8 Å². The average Bonchev–Trinajstić information content (AvgIpc) is 2.27. The molecule has 1 amide bonds. The Bertz CT molecular complexity index is 194. The maximum atomic E-state index is 11.7. The number of halogens is 1. The summed E-state index contributed by atoms with van der Waals surface area (Å²) in [5.74, 6) is 1.11. The van der Waals surface area contributed by atoms with E-state index in [2.05, 4.69) is 35.1 Å². The number of carbonyl (C=O) groups excluding carboxylic acids is 1. The van der Waals surface area contributed by atoms with Gasteiger partial charge in [0, 0.05) is 6.54 Å². The van der Waals surface area contributed by atoms with Gasteiger partial charge in [-0.1, -0.05) is 62.9 Å². The number of alkyl halides is 1. The van der Waals surface area contributed by atoms with Gasteiger partial charge in [0.05, 0.1) is 4.83 Å². The molecule has 16 heavy (non-hydrogen) atoms. The van der Waals surface area contributed by atoms with E-state index in [4.69, 9.17) is 0 Å². The smallest absolute Gasteiger partial charge is 0.234 e. The van der Waals surface area contributed by atoms with E-state index in [0.29, 0.717) is 11.8 Å². The molecule has 0 spiro atoms. The fourth-order valence-corrected chi connectivity index (χ4v) is 1.75. The maximum absolute atomic E-state index is 11.7. The van der Waals surface area contributed by atoms with Crippen LogP contribution in [0.25, 0.3) is 0 Å². The molecule has 1 N–H and O–H groups in total. The standard InChI is InChI=1S/C13H26BrNO/c1-5-7-8-11(6-2)9-15-13(16)12(14)10(3)4/h10-12H,5-9H2,1-4H3,(H,15,16). The number of hydrogen-bond donors (Lipinski definition) is 1. The zero-order valence-electron chi connectivity index (χ0n) is 11.1. The van der Waals surface area contributed by atoms with Crippen molar-refractivity contribution in [1.29, 1.82) is 0 Å². The second kappa shape index (κ2) is 9.03. The first-order valence-corrected chi connectivity index (χ1v) is 7.36. The summed E-state index contributed by atoms with van der Waals surface area (Å²) in [6.45, 7) is 9.32. The molecule has 0 radical (unpaired) electrons. The zero-order valence-corrected chi connectivity index (χ0v) is 12.6. The van der Waals surface area contributed by atoms with Crippen LogP contribution in [0.5, 0.6) is 0 Å². The number of carbonyl (C=O) groups is 1. The lowest BCUT2D eigenvalue weighted by Gasteiger charge is -2.18. The largest absolute Gasteiger partial charge is 0.355 e. The van der Waals surface area contributed by atoms with Crippen molar-refractivity contribution in [1.82, 2.24) is 5.32 Å². The van der Waals surface area contributed by atoms with Crippen LogP contribution in [0.1, 0.15) is 53.4 Å². The highest BCUT2D eigenvalue weighted by Gasteiger charge is 2.18. The SMILES string of the molecule is CCCCC(CC)CNC(=O)C(Br)C(C)C. The van der Waals surface area contributed by atoms with Crippen LogP contribution in [-0.2, 0) is 4.79 Å². The van der Waals surface area contributed by atoms with Crippen molar-refractivity contribution in [3.63, 3.8) is 0 Å². The van der Waals surface area contributed by atoms with Crippen molar-refractivity contribution in [2.75, 3.05) is 6.54 Å². The lowest BCUT2D eigenvalue weighted by molar-refractivity contribution is -0.121. The van der Waals surface area contributed by atoms with Gasteiger partial charge >= 0.3 is 0 Å². The van der Waals surface area contributed by atoms with Crippen molar-refractivity contribution in [3.05, 3.63) is 0 Å². The van der Waals surface area contributed by atoms with E-state index in [1.54, 1.807) is 0 Å². The molecular weight excluding hydrogens is 266 g/mol. The van der Waals surface area contributed by atoms with E-state index in [-0.39, 0.29) is 10.7 Å². The van der Waals surface area contributed by atoms with Crippen molar-refractivity contribution in [2.24, 2.45) is 11.8 Å². The molecule has 0 aromatic heterocycles. The summed E-state index contributed by atoms with van der Waals surface area (Å²) in [7, 11) is 0. The number of hydrogen-bond acceptors (Lipinski definition) is 1. The van der Waals surface area contributed by atoms with E-state index in [1.165, 1.54) is 19.3 Å². The Kier molecular flexibility index (Phi) is 9.00. The molecular formula is C13H26BrNO. The van der Waals surface area contributed by atoms with E-state index in [1.807, 2.05) is 13.8 Å². The Morgan fingerprint density at radius 1 is 1.31 bits per heavy atom. The molecule has 0 aromatic carbocycles. The minimum Gasteiger partial charge on any atom is -0.355 e. The molecule has 0 aliphatic heterocycles. The Morgan fingerprint density at radius 2 is 1.94 bits per heavy atom. The van der Waals surface area contributed by atoms with Gasteiger partial charge in [0.25, 0.3) is 0 Å². The molecule has 0 aromatic rings. The van der Waals surface area contributed by atoms with Crippen LogP contribution in [0.4, 0.5) is 0 Å². The molecule has 0 bridgehead atoms. The lowest BCUT2D eigenvalue weighted by Crippen LogP contribution is -2.36. The summed E-state index contributed by atoms with van der Waals surface area (Å²) in [4.78, 5) is 11.7. The first-order chi connectivity index (χ1) is 7.52. The summed E-state index contributed by atoms with van der Waals surface area (Å²) < 4.78 is 0. The molecule has 0 aliphatic rings. The van der Waals surface area contributed by atoms with Gasteiger partial charge in [0.15, 0.2) is 0 Å². The second-order valence-corrected chi connectivity index (χ2v) is 5.79. The van der Waals surface area contributed by atoms with Crippen LogP contribution >= 0.6 is 15.9 Å². The first-order valence-electron chi connectivity index (χ1n) is 6.44. The third-order valence-corrected chi connectivity index (χ3v) is 4.42. The maximum Gasteiger partial charge on any atom is 0.234 e. The Morgan fingerprint density at radius 3 is 2.38 bits per heavy atom. The summed E-state index contributed by atoms with van der Waals surface area (Å²) >= 11 is 3.42. The minimum absolute atomic E-state index is 0.0591. The quantitative estimate of drug-likeness (QED) is 0.678. The van der Waals surface area contributed by atoms with Gasteiger partial charge in [0.1, 0.15) is 0 Å². The number of nitrogens with one attached hydrogen (secondary N) is 1. The second-order valence-electron chi connectivity index (χ2n) is 4.81. The van der Waals surface area contributed by atoms with Crippen LogP contribution in [0.3, 0.4) is 0 Å². The first kappa shape index (κ1) is 16.0. The Labute approximate surface area is 109 Å². The van der Waals surface area contributed by atoms with E-state index >= 15 is 0 Å². The topological polar surface area (TPSA) is 29.1 Å². The van der Waals surface area contributed by atoms with Gasteiger partial charge in [-0.3, -0.25) is 4.79 Å². The van der Waals surface area contributed by atoms with Crippen LogP contribution in [-0.4, -0.2) is 17.3 Å². The van der Waals surface area contributed by atoms with E-state index < -0.39 is 0 Å². The molecule has 3 heteroatoms. The molecule has 2 atom stereocenters. The van der Waals surface area contributed by atoms with Crippen molar-refractivity contribution in [2.45, 2.75) is 58.2 Å². The average molecular weight is 292 g/mol. The highest BCUT2D eigenvalue weighted by molar-refractivity contribution is 9.10. The molecule has 0 saturated heterocycles. The predicted molar refractivity (Wildman–Crippen MR) is 73.9 cm³/mol. The third-order valence-electron chi connectivity index (χ3n) is 2.94. The molecule has 96 valence electrons. The molecule has 2 nitrogen and oxygen atoms in total. The summed E-state index contributed by atoms with van der Waals surface area (Å²) in [5, 5.41) is 3.04. The molecule has 0 heterocycles. The summed E-state index contributed by atoms with van der Waals surface area (Å²) in [5.41, 5.74) is 0. The van der Waals surface area contributed by atoms with Gasteiger partial charge in [-0.25, -0.2) is 0 Å². The van der Waals surface area contributed by atoms with Crippen LogP contribution in [0.2, 0.25) is 0 Å².